The molecule has 0 aromatic carbocycles. The SMILES string of the molecule is CCCCCCCCC(N)C(=O)O.CCCCNN(CCCC)CCCC. The lowest BCUT2D eigenvalue weighted by Crippen LogP contribution is -2.39. The third-order valence-corrected chi connectivity index (χ3v) is 4.61. The van der Waals surface area contributed by atoms with Crippen molar-refractivity contribution in [3.8, 4) is 0 Å². The topological polar surface area (TPSA) is 78.6 Å². The van der Waals surface area contributed by atoms with Crippen LogP contribution in [0.15, 0.2) is 0 Å². The number of rotatable bonds is 18. The second kappa shape index (κ2) is 23.4. The van der Waals surface area contributed by atoms with E-state index in [1.165, 1.54) is 77.3 Å². The Morgan fingerprint density at radius 1 is 0.815 bits per heavy atom. The van der Waals surface area contributed by atoms with Crippen LogP contribution in [0.3, 0.4) is 0 Å². The summed E-state index contributed by atoms with van der Waals surface area (Å²) in [6.07, 6.45) is 15.4. The Morgan fingerprint density at radius 3 is 1.78 bits per heavy atom. The maximum atomic E-state index is 10.3. The normalized spacial score (nSPS) is 11.9. The number of carboxylic acid groups (broad SMARTS) is 1. The van der Waals surface area contributed by atoms with Crippen molar-refractivity contribution < 1.29 is 9.90 Å². The molecule has 5 heteroatoms. The molecule has 0 amide bonds. The lowest BCUT2D eigenvalue weighted by Gasteiger charge is -2.22. The van der Waals surface area contributed by atoms with Gasteiger partial charge in [0.2, 0.25) is 0 Å². The van der Waals surface area contributed by atoms with E-state index in [9.17, 15) is 4.79 Å². The summed E-state index contributed by atoms with van der Waals surface area (Å²) in [4.78, 5) is 10.3. The zero-order valence-corrected chi connectivity index (χ0v) is 18.8. The lowest BCUT2D eigenvalue weighted by atomic mass is 10.1. The molecule has 0 aliphatic carbocycles. The van der Waals surface area contributed by atoms with Gasteiger partial charge >= 0.3 is 5.97 Å². The van der Waals surface area contributed by atoms with Crippen LogP contribution >= 0.6 is 0 Å². The number of hydrogen-bond acceptors (Lipinski definition) is 4. The number of carbonyl (C=O) groups is 1. The van der Waals surface area contributed by atoms with Crippen molar-refractivity contribution in [3.05, 3.63) is 0 Å². The first kappa shape index (κ1) is 28.6. The van der Waals surface area contributed by atoms with Gasteiger partial charge in [-0.25, -0.2) is 5.01 Å². The molecule has 0 saturated carbocycles. The molecule has 0 bridgehead atoms. The molecule has 0 heterocycles. The molecule has 5 nitrogen and oxygen atoms in total. The fraction of sp³-hybridized carbons (Fsp3) is 0.955. The molecule has 4 N–H and O–H groups in total. The van der Waals surface area contributed by atoms with Gasteiger partial charge in [-0.15, -0.1) is 0 Å². The molecular weight excluding hydrogens is 338 g/mol. The van der Waals surface area contributed by atoms with Gasteiger partial charge in [-0.3, -0.25) is 10.2 Å². The smallest absolute Gasteiger partial charge is 0.320 e. The Hall–Kier alpha value is -0.650. The van der Waals surface area contributed by atoms with E-state index in [-0.39, 0.29) is 0 Å². The van der Waals surface area contributed by atoms with Crippen molar-refractivity contribution in [2.24, 2.45) is 5.73 Å². The van der Waals surface area contributed by atoms with E-state index in [2.05, 4.69) is 38.1 Å². The van der Waals surface area contributed by atoms with Crippen LogP contribution in [0.4, 0.5) is 0 Å². The standard InChI is InChI=1S/C12H28N2.C10H21NO2/c1-4-7-10-13-14(11-8-5-2)12-9-6-3;1-2-3-4-5-6-7-8-9(11)10(12)13/h13H,4-12H2,1-3H3;9H,2-8,11H2,1H3,(H,12,13). The highest BCUT2D eigenvalue weighted by Gasteiger charge is 2.09. The Labute approximate surface area is 169 Å². The Balaban J connectivity index is 0. The predicted molar refractivity (Wildman–Crippen MR) is 118 cm³/mol. The molecule has 0 rings (SSSR count). The summed E-state index contributed by atoms with van der Waals surface area (Å²) in [5, 5.41) is 10.9. The number of carboxylic acids is 1. The van der Waals surface area contributed by atoms with E-state index < -0.39 is 12.0 Å². The average molecular weight is 388 g/mol. The second-order valence-electron chi connectivity index (χ2n) is 7.46. The Kier molecular flexibility index (Phi) is 24.7. The third-order valence-electron chi connectivity index (χ3n) is 4.61. The van der Waals surface area contributed by atoms with Crippen LogP contribution in [0.2, 0.25) is 0 Å². The Bertz CT molecular complexity index is 293. The number of unbranched alkanes of at least 4 members (excludes halogenated alkanes) is 8. The molecule has 0 radical (unpaired) electrons. The molecule has 0 aliphatic rings. The van der Waals surface area contributed by atoms with E-state index >= 15 is 0 Å². The van der Waals surface area contributed by atoms with Crippen LogP contribution in [0.1, 0.15) is 111 Å². The monoisotopic (exact) mass is 387 g/mol. The number of aliphatic carboxylic acids is 1. The second-order valence-corrected chi connectivity index (χ2v) is 7.46. The van der Waals surface area contributed by atoms with E-state index in [0.29, 0.717) is 6.42 Å². The summed E-state index contributed by atoms with van der Waals surface area (Å²) in [5.41, 5.74) is 8.88. The largest absolute Gasteiger partial charge is 0.480 e. The zero-order valence-electron chi connectivity index (χ0n) is 18.8. The van der Waals surface area contributed by atoms with Crippen molar-refractivity contribution in [1.29, 1.82) is 0 Å². The highest BCUT2D eigenvalue weighted by molar-refractivity contribution is 5.72. The van der Waals surface area contributed by atoms with E-state index in [1.807, 2.05) is 0 Å². The summed E-state index contributed by atoms with van der Waals surface area (Å²) in [5.74, 6) is -0.881. The van der Waals surface area contributed by atoms with Gasteiger partial charge in [-0.1, -0.05) is 85.5 Å². The minimum absolute atomic E-state index is 0.613. The summed E-state index contributed by atoms with van der Waals surface area (Å²) < 4.78 is 0. The predicted octanol–water partition coefficient (Wildman–Crippen LogP) is 5.34. The summed E-state index contributed by atoms with van der Waals surface area (Å²) in [6, 6.07) is -0.661. The molecule has 0 aromatic heterocycles. The zero-order chi connectivity index (χ0) is 20.8. The van der Waals surface area contributed by atoms with Crippen LogP contribution in [0, 0.1) is 0 Å². The maximum Gasteiger partial charge on any atom is 0.320 e. The molecule has 0 spiro atoms. The number of nitrogens with two attached hydrogens (primary N) is 1. The molecular formula is C22H49N3O2. The molecule has 0 saturated heterocycles. The van der Waals surface area contributed by atoms with Gasteiger partial charge in [0.05, 0.1) is 0 Å². The van der Waals surface area contributed by atoms with Gasteiger partial charge in [0.1, 0.15) is 6.04 Å². The quantitative estimate of drug-likeness (QED) is 0.218. The summed E-state index contributed by atoms with van der Waals surface area (Å²) in [6.45, 7) is 12.5. The minimum atomic E-state index is -0.881. The fourth-order valence-electron chi connectivity index (χ4n) is 2.65. The summed E-state index contributed by atoms with van der Waals surface area (Å²) >= 11 is 0. The maximum absolute atomic E-state index is 10.3. The first-order valence-electron chi connectivity index (χ1n) is 11.5. The van der Waals surface area contributed by atoms with Gasteiger partial charge in [-0.2, -0.15) is 0 Å². The van der Waals surface area contributed by atoms with Crippen LogP contribution < -0.4 is 11.2 Å². The van der Waals surface area contributed by atoms with Crippen molar-refractivity contribution in [2.45, 2.75) is 117 Å². The number of hydrazine groups is 1. The van der Waals surface area contributed by atoms with Gasteiger partial charge in [0.15, 0.2) is 0 Å². The molecule has 1 atom stereocenters. The number of hydrogen-bond donors (Lipinski definition) is 3. The first-order chi connectivity index (χ1) is 13.0. The van der Waals surface area contributed by atoms with Gasteiger partial charge in [-0.05, 0) is 25.7 Å². The molecule has 1 unspecified atom stereocenters. The molecule has 164 valence electrons. The minimum Gasteiger partial charge on any atom is -0.480 e. The van der Waals surface area contributed by atoms with Gasteiger partial charge in [0.25, 0.3) is 0 Å². The van der Waals surface area contributed by atoms with Crippen LogP contribution in [-0.2, 0) is 4.79 Å². The molecule has 0 aliphatic heterocycles. The molecule has 0 fully saturated rings. The molecule has 0 aromatic rings. The summed E-state index contributed by atoms with van der Waals surface area (Å²) in [7, 11) is 0. The van der Waals surface area contributed by atoms with Crippen LogP contribution in [0.5, 0.6) is 0 Å². The highest BCUT2D eigenvalue weighted by atomic mass is 16.4. The van der Waals surface area contributed by atoms with E-state index in [1.54, 1.807) is 0 Å². The van der Waals surface area contributed by atoms with Crippen molar-refractivity contribution in [2.75, 3.05) is 19.6 Å². The fourth-order valence-corrected chi connectivity index (χ4v) is 2.65. The van der Waals surface area contributed by atoms with E-state index in [0.717, 1.165) is 19.4 Å². The van der Waals surface area contributed by atoms with Crippen molar-refractivity contribution >= 4 is 5.97 Å². The van der Waals surface area contributed by atoms with Gasteiger partial charge in [0, 0.05) is 19.6 Å². The van der Waals surface area contributed by atoms with Crippen molar-refractivity contribution in [1.82, 2.24) is 10.4 Å². The Morgan fingerprint density at radius 2 is 1.30 bits per heavy atom. The van der Waals surface area contributed by atoms with E-state index in [4.69, 9.17) is 10.8 Å². The molecule has 27 heavy (non-hydrogen) atoms. The van der Waals surface area contributed by atoms with Crippen molar-refractivity contribution in [3.63, 3.8) is 0 Å². The first-order valence-corrected chi connectivity index (χ1v) is 11.5. The van der Waals surface area contributed by atoms with Gasteiger partial charge < -0.3 is 10.8 Å². The lowest BCUT2D eigenvalue weighted by molar-refractivity contribution is -0.138. The number of nitrogens with zero attached hydrogens (tertiary/aromatic N) is 1. The average Bonchev–Trinajstić information content (AvgIpc) is 2.66. The number of nitrogens with one attached hydrogen (secondary N) is 1. The third kappa shape index (κ3) is 23.3. The highest BCUT2D eigenvalue weighted by Crippen LogP contribution is 2.07. The van der Waals surface area contributed by atoms with Crippen LogP contribution in [-0.4, -0.2) is 41.8 Å². The van der Waals surface area contributed by atoms with Crippen LogP contribution in [0.25, 0.3) is 0 Å².